The number of hydrogen-bond acceptors (Lipinski definition) is 1. The molecule has 3 aromatic rings. The maximum Gasteiger partial charge on any atom is 0.138 e. The first-order chi connectivity index (χ1) is 8.40. The quantitative estimate of drug-likeness (QED) is 0.614. The highest BCUT2D eigenvalue weighted by atomic mass is 16.3. The molecule has 0 saturated carbocycles. The summed E-state index contributed by atoms with van der Waals surface area (Å²) in [5.74, 6) is 1.01. The van der Waals surface area contributed by atoms with Crippen molar-refractivity contribution in [3.63, 3.8) is 0 Å². The highest BCUT2D eigenvalue weighted by molar-refractivity contribution is 5.87. The lowest BCUT2D eigenvalue weighted by molar-refractivity contribution is 0.627. The molecule has 17 heavy (non-hydrogen) atoms. The van der Waals surface area contributed by atoms with Gasteiger partial charge in [0.2, 0.25) is 0 Å². The number of aryl methyl sites for hydroxylation is 1. The van der Waals surface area contributed by atoms with E-state index in [-0.39, 0.29) is 0 Å². The summed E-state index contributed by atoms with van der Waals surface area (Å²) in [5.41, 5.74) is 3.43. The molecule has 0 spiro atoms. The highest BCUT2D eigenvalue weighted by Crippen LogP contribution is 2.33. The SMILES string of the molecule is CCc1c(-c2ccccc2)oc2ccccc12. The van der Waals surface area contributed by atoms with Crippen molar-refractivity contribution in [3.05, 3.63) is 60.2 Å². The molecule has 0 amide bonds. The standard InChI is InChI=1S/C16H14O/c1-2-13-14-10-6-7-11-15(14)17-16(13)12-8-4-3-5-9-12/h3-11H,2H2,1H3. The second-order valence-electron chi connectivity index (χ2n) is 4.13. The van der Waals surface area contributed by atoms with Crippen LogP contribution in [0.15, 0.2) is 59.0 Å². The third kappa shape index (κ3) is 1.64. The fourth-order valence-electron chi connectivity index (χ4n) is 2.27. The summed E-state index contributed by atoms with van der Waals surface area (Å²) in [6, 6.07) is 18.5. The Morgan fingerprint density at radius 1 is 0.882 bits per heavy atom. The Kier molecular flexibility index (Phi) is 2.45. The maximum absolute atomic E-state index is 5.98. The molecule has 3 rings (SSSR count). The van der Waals surface area contributed by atoms with E-state index in [2.05, 4.69) is 31.2 Å². The highest BCUT2D eigenvalue weighted by Gasteiger charge is 2.13. The van der Waals surface area contributed by atoms with Crippen molar-refractivity contribution in [2.75, 3.05) is 0 Å². The fraction of sp³-hybridized carbons (Fsp3) is 0.125. The number of furan rings is 1. The van der Waals surface area contributed by atoms with Gasteiger partial charge in [0.25, 0.3) is 0 Å². The first kappa shape index (κ1) is 10.2. The van der Waals surface area contributed by atoms with Crippen molar-refractivity contribution in [1.82, 2.24) is 0 Å². The number of benzene rings is 2. The van der Waals surface area contributed by atoms with Crippen LogP contribution >= 0.6 is 0 Å². The molecule has 0 fully saturated rings. The third-order valence-electron chi connectivity index (χ3n) is 3.09. The topological polar surface area (TPSA) is 13.1 Å². The van der Waals surface area contributed by atoms with Gasteiger partial charge in [-0.05, 0) is 12.5 Å². The van der Waals surface area contributed by atoms with Crippen molar-refractivity contribution >= 4 is 11.0 Å². The van der Waals surface area contributed by atoms with E-state index in [9.17, 15) is 0 Å². The van der Waals surface area contributed by atoms with E-state index >= 15 is 0 Å². The van der Waals surface area contributed by atoms with Crippen LogP contribution in [0.1, 0.15) is 12.5 Å². The Morgan fingerprint density at radius 2 is 1.59 bits per heavy atom. The van der Waals surface area contributed by atoms with E-state index in [1.807, 2.05) is 30.3 Å². The van der Waals surface area contributed by atoms with Crippen LogP contribution in [0.25, 0.3) is 22.3 Å². The van der Waals surface area contributed by atoms with Crippen molar-refractivity contribution in [1.29, 1.82) is 0 Å². The Morgan fingerprint density at radius 3 is 2.35 bits per heavy atom. The molecule has 0 aliphatic carbocycles. The minimum atomic E-state index is 0.975. The third-order valence-corrected chi connectivity index (χ3v) is 3.09. The minimum absolute atomic E-state index is 0.975. The molecule has 1 aromatic heterocycles. The molecule has 0 radical (unpaired) electrons. The van der Waals surface area contributed by atoms with Crippen molar-refractivity contribution in [3.8, 4) is 11.3 Å². The minimum Gasteiger partial charge on any atom is -0.456 e. The molecule has 0 aliphatic heterocycles. The first-order valence-electron chi connectivity index (χ1n) is 5.96. The molecule has 0 unspecified atom stereocenters. The number of fused-ring (bicyclic) bond motifs is 1. The van der Waals surface area contributed by atoms with Gasteiger partial charge in [0, 0.05) is 16.5 Å². The molecule has 1 nitrogen and oxygen atoms in total. The zero-order valence-corrected chi connectivity index (χ0v) is 9.81. The van der Waals surface area contributed by atoms with Crippen LogP contribution in [0.2, 0.25) is 0 Å². The Balaban J connectivity index is 2.30. The van der Waals surface area contributed by atoms with Crippen LogP contribution in [0.4, 0.5) is 0 Å². The largest absolute Gasteiger partial charge is 0.456 e. The lowest BCUT2D eigenvalue weighted by Gasteiger charge is -1.99. The second kappa shape index (κ2) is 4.10. The first-order valence-corrected chi connectivity index (χ1v) is 5.96. The van der Waals surface area contributed by atoms with Gasteiger partial charge in [-0.3, -0.25) is 0 Å². The van der Waals surface area contributed by atoms with Gasteiger partial charge in [-0.25, -0.2) is 0 Å². The van der Waals surface area contributed by atoms with Gasteiger partial charge in [0.1, 0.15) is 11.3 Å². The summed E-state index contributed by atoms with van der Waals surface area (Å²) in [4.78, 5) is 0. The van der Waals surface area contributed by atoms with Crippen LogP contribution < -0.4 is 0 Å². The fourth-order valence-corrected chi connectivity index (χ4v) is 2.27. The van der Waals surface area contributed by atoms with E-state index in [0.717, 1.165) is 23.3 Å². The van der Waals surface area contributed by atoms with Gasteiger partial charge in [-0.1, -0.05) is 55.5 Å². The van der Waals surface area contributed by atoms with Crippen LogP contribution in [0.3, 0.4) is 0 Å². The summed E-state index contributed by atoms with van der Waals surface area (Å²) in [5, 5.41) is 1.23. The maximum atomic E-state index is 5.98. The lowest BCUT2D eigenvalue weighted by Crippen LogP contribution is -1.81. The Hall–Kier alpha value is -2.02. The van der Waals surface area contributed by atoms with E-state index < -0.39 is 0 Å². The van der Waals surface area contributed by atoms with E-state index in [0.29, 0.717) is 0 Å². The Labute approximate surface area is 101 Å². The average Bonchev–Trinajstić information content (AvgIpc) is 2.78. The summed E-state index contributed by atoms with van der Waals surface area (Å²) >= 11 is 0. The Bertz CT molecular complexity index is 635. The molecule has 0 atom stereocenters. The van der Waals surface area contributed by atoms with Gasteiger partial charge in [-0.15, -0.1) is 0 Å². The summed E-state index contributed by atoms with van der Waals surface area (Å²) in [7, 11) is 0. The van der Waals surface area contributed by atoms with Gasteiger partial charge in [0.15, 0.2) is 0 Å². The van der Waals surface area contributed by atoms with Crippen LogP contribution in [-0.2, 0) is 6.42 Å². The van der Waals surface area contributed by atoms with Crippen molar-refractivity contribution in [2.45, 2.75) is 13.3 Å². The van der Waals surface area contributed by atoms with Gasteiger partial charge >= 0.3 is 0 Å². The van der Waals surface area contributed by atoms with E-state index in [1.54, 1.807) is 0 Å². The predicted octanol–water partition coefficient (Wildman–Crippen LogP) is 4.66. The molecule has 2 aromatic carbocycles. The number of para-hydroxylation sites is 1. The smallest absolute Gasteiger partial charge is 0.138 e. The van der Waals surface area contributed by atoms with Crippen LogP contribution in [0.5, 0.6) is 0 Å². The molecule has 0 bridgehead atoms. The van der Waals surface area contributed by atoms with Crippen LogP contribution in [0, 0.1) is 0 Å². The van der Waals surface area contributed by atoms with Gasteiger partial charge in [0.05, 0.1) is 0 Å². The van der Waals surface area contributed by atoms with Gasteiger partial charge in [-0.2, -0.15) is 0 Å². The lowest BCUT2D eigenvalue weighted by atomic mass is 10.0. The summed E-state index contributed by atoms with van der Waals surface area (Å²) < 4.78 is 5.98. The number of hydrogen-bond donors (Lipinski definition) is 0. The summed E-state index contributed by atoms with van der Waals surface area (Å²) in [6.07, 6.45) is 0.987. The van der Waals surface area contributed by atoms with E-state index in [4.69, 9.17) is 4.42 Å². The van der Waals surface area contributed by atoms with Gasteiger partial charge < -0.3 is 4.42 Å². The predicted molar refractivity (Wildman–Crippen MR) is 71.0 cm³/mol. The molecule has 84 valence electrons. The average molecular weight is 222 g/mol. The summed E-state index contributed by atoms with van der Waals surface area (Å²) in [6.45, 7) is 2.17. The molecule has 1 heterocycles. The molecule has 0 aliphatic rings. The monoisotopic (exact) mass is 222 g/mol. The van der Waals surface area contributed by atoms with E-state index in [1.165, 1.54) is 10.9 Å². The van der Waals surface area contributed by atoms with Crippen molar-refractivity contribution in [2.24, 2.45) is 0 Å². The second-order valence-corrected chi connectivity index (χ2v) is 4.13. The number of rotatable bonds is 2. The molecular weight excluding hydrogens is 208 g/mol. The zero-order valence-electron chi connectivity index (χ0n) is 9.81. The molecule has 0 saturated heterocycles. The molecular formula is C16H14O. The van der Waals surface area contributed by atoms with Crippen molar-refractivity contribution < 1.29 is 4.42 Å². The van der Waals surface area contributed by atoms with Crippen LogP contribution in [-0.4, -0.2) is 0 Å². The molecule has 1 heteroatoms. The zero-order chi connectivity index (χ0) is 11.7. The molecule has 0 N–H and O–H groups in total. The normalized spacial score (nSPS) is 10.9.